The van der Waals surface area contributed by atoms with Crippen molar-refractivity contribution in [3.63, 3.8) is 0 Å². The molecule has 0 atom stereocenters. The van der Waals surface area contributed by atoms with Gasteiger partial charge in [-0.2, -0.15) is 0 Å². The maximum Gasteiger partial charge on any atom is 0.397 e. The molecule has 0 aromatic rings. The van der Waals surface area contributed by atoms with E-state index in [0.29, 0.717) is 19.7 Å². The first kappa shape index (κ1) is 19.9. The zero-order valence-electron chi connectivity index (χ0n) is 14.2. The molecule has 21 heavy (non-hydrogen) atoms. The van der Waals surface area contributed by atoms with Crippen LogP contribution in [0.15, 0.2) is 0 Å². The molecule has 0 spiro atoms. The fourth-order valence-corrected chi connectivity index (χ4v) is 2.16. The van der Waals surface area contributed by atoms with Gasteiger partial charge in [-0.15, -0.1) is 0 Å². The Kier molecular flexibility index (Phi) is 13.2. The van der Waals surface area contributed by atoms with Crippen LogP contribution in [0.2, 0.25) is 0 Å². The first-order valence-corrected chi connectivity index (χ1v) is 8.63. The van der Waals surface area contributed by atoms with Gasteiger partial charge in [-0.3, -0.25) is 4.79 Å². The van der Waals surface area contributed by atoms with Crippen molar-refractivity contribution < 1.29 is 14.3 Å². The maximum absolute atomic E-state index is 12.1. The molecule has 124 valence electrons. The number of rotatable bonds is 12. The van der Waals surface area contributed by atoms with Gasteiger partial charge in [0, 0.05) is 13.1 Å². The average Bonchev–Trinajstić information content (AvgIpc) is 2.50. The van der Waals surface area contributed by atoms with Gasteiger partial charge >= 0.3 is 11.9 Å². The molecule has 0 aromatic carbocycles. The van der Waals surface area contributed by atoms with Gasteiger partial charge in [-0.25, -0.2) is 4.79 Å². The van der Waals surface area contributed by atoms with Gasteiger partial charge in [0.25, 0.3) is 0 Å². The third kappa shape index (κ3) is 10.3. The summed E-state index contributed by atoms with van der Waals surface area (Å²) >= 11 is 0. The Morgan fingerprint density at radius 1 is 0.762 bits per heavy atom. The molecule has 0 saturated heterocycles. The summed E-state index contributed by atoms with van der Waals surface area (Å²) in [5.41, 5.74) is 0. The third-order valence-electron chi connectivity index (χ3n) is 3.46. The molecule has 4 nitrogen and oxygen atoms in total. The molecule has 0 fully saturated rings. The highest BCUT2D eigenvalue weighted by molar-refractivity contribution is 6.32. The van der Waals surface area contributed by atoms with Crippen LogP contribution in [0.4, 0.5) is 0 Å². The number of nitrogens with zero attached hydrogens (tertiary/aromatic N) is 1. The van der Waals surface area contributed by atoms with E-state index in [2.05, 4.69) is 13.8 Å². The Labute approximate surface area is 130 Å². The number of carbonyl (C=O) groups excluding carboxylic acids is 2. The van der Waals surface area contributed by atoms with Crippen molar-refractivity contribution in [1.82, 2.24) is 4.90 Å². The van der Waals surface area contributed by atoms with E-state index in [9.17, 15) is 9.59 Å². The average molecular weight is 299 g/mol. The summed E-state index contributed by atoms with van der Waals surface area (Å²) in [6.45, 7) is 7.92. The van der Waals surface area contributed by atoms with Crippen LogP contribution in [0.5, 0.6) is 0 Å². The van der Waals surface area contributed by atoms with E-state index in [-0.39, 0.29) is 0 Å². The largest absolute Gasteiger partial charge is 0.459 e. The third-order valence-corrected chi connectivity index (χ3v) is 3.46. The van der Waals surface area contributed by atoms with Crippen molar-refractivity contribution in [3.8, 4) is 0 Å². The van der Waals surface area contributed by atoms with Crippen LogP contribution >= 0.6 is 0 Å². The molecular weight excluding hydrogens is 266 g/mol. The number of hydrogen-bond donors (Lipinski definition) is 0. The van der Waals surface area contributed by atoms with Crippen molar-refractivity contribution in [2.75, 3.05) is 19.7 Å². The Bertz CT molecular complexity index is 267. The Morgan fingerprint density at radius 3 is 1.71 bits per heavy atom. The summed E-state index contributed by atoms with van der Waals surface area (Å²) in [5, 5.41) is 0. The van der Waals surface area contributed by atoms with E-state index < -0.39 is 11.9 Å². The van der Waals surface area contributed by atoms with Gasteiger partial charge in [0.1, 0.15) is 0 Å². The monoisotopic (exact) mass is 299 g/mol. The molecule has 0 aliphatic carbocycles. The number of unbranched alkanes of at least 4 members (excludes halogenated alkanes) is 6. The SMILES string of the molecule is CCCCCCN(CCCCCC)C(=O)C(=O)OCCC. The second-order valence-electron chi connectivity index (χ2n) is 5.55. The molecule has 0 saturated carbocycles. The fraction of sp³-hybridized carbons (Fsp3) is 0.882. The summed E-state index contributed by atoms with van der Waals surface area (Å²) in [6.07, 6.45) is 9.59. The second-order valence-corrected chi connectivity index (χ2v) is 5.55. The molecule has 0 aliphatic heterocycles. The minimum absolute atomic E-state index is 0.323. The van der Waals surface area contributed by atoms with Gasteiger partial charge in [0.05, 0.1) is 6.61 Å². The summed E-state index contributed by atoms with van der Waals surface area (Å²) in [4.78, 5) is 25.5. The summed E-state index contributed by atoms with van der Waals surface area (Å²) in [5.74, 6) is -1.15. The van der Waals surface area contributed by atoms with Crippen molar-refractivity contribution in [2.45, 2.75) is 78.6 Å². The molecule has 1 amide bonds. The van der Waals surface area contributed by atoms with Gasteiger partial charge in [0.15, 0.2) is 0 Å². The highest BCUT2D eigenvalue weighted by Crippen LogP contribution is 2.06. The minimum atomic E-state index is -0.692. The van der Waals surface area contributed by atoms with E-state index in [0.717, 1.165) is 32.1 Å². The number of esters is 1. The highest BCUT2D eigenvalue weighted by atomic mass is 16.5. The molecule has 0 unspecified atom stereocenters. The lowest BCUT2D eigenvalue weighted by atomic mass is 10.1. The van der Waals surface area contributed by atoms with E-state index in [4.69, 9.17) is 4.74 Å². The molecular formula is C17H33NO3. The van der Waals surface area contributed by atoms with E-state index in [1.54, 1.807) is 4.90 Å². The standard InChI is InChI=1S/C17H33NO3/c1-4-7-9-11-13-18(14-12-10-8-5-2)16(19)17(20)21-15-6-3/h4-15H2,1-3H3. The van der Waals surface area contributed by atoms with Crippen LogP contribution < -0.4 is 0 Å². The lowest BCUT2D eigenvalue weighted by Gasteiger charge is -2.21. The van der Waals surface area contributed by atoms with Gasteiger partial charge < -0.3 is 9.64 Å². The summed E-state index contributed by atoms with van der Waals surface area (Å²) < 4.78 is 4.96. The lowest BCUT2D eigenvalue weighted by molar-refractivity contribution is -0.160. The van der Waals surface area contributed by atoms with E-state index in [1.165, 1.54) is 25.7 Å². The van der Waals surface area contributed by atoms with E-state index in [1.807, 2.05) is 6.92 Å². The Morgan fingerprint density at radius 2 is 1.29 bits per heavy atom. The normalized spacial score (nSPS) is 10.4. The predicted octanol–water partition coefficient (Wildman–Crippen LogP) is 3.93. The topological polar surface area (TPSA) is 46.6 Å². The quantitative estimate of drug-likeness (QED) is 0.312. The van der Waals surface area contributed by atoms with Crippen molar-refractivity contribution in [2.24, 2.45) is 0 Å². The molecule has 4 heteroatoms. The predicted molar refractivity (Wildman–Crippen MR) is 86.1 cm³/mol. The number of ether oxygens (including phenoxy) is 1. The smallest absolute Gasteiger partial charge is 0.397 e. The van der Waals surface area contributed by atoms with Crippen LogP contribution in [-0.4, -0.2) is 36.5 Å². The second kappa shape index (κ2) is 13.9. The van der Waals surface area contributed by atoms with Crippen LogP contribution in [-0.2, 0) is 14.3 Å². The first-order valence-electron chi connectivity index (χ1n) is 8.63. The fourth-order valence-electron chi connectivity index (χ4n) is 2.16. The zero-order chi connectivity index (χ0) is 15.9. The molecule has 0 heterocycles. The molecule has 0 aliphatic rings. The molecule has 0 aromatic heterocycles. The number of carbonyl (C=O) groups is 2. The Balaban J connectivity index is 4.25. The Hall–Kier alpha value is -1.06. The van der Waals surface area contributed by atoms with E-state index >= 15 is 0 Å². The van der Waals surface area contributed by atoms with Crippen molar-refractivity contribution in [3.05, 3.63) is 0 Å². The van der Waals surface area contributed by atoms with Gasteiger partial charge in [-0.05, 0) is 19.3 Å². The van der Waals surface area contributed by atoms with Crippen LogP contribution in [0, 0.1) is 0 Å². The van der Waals surface area contributed by atoms with Crippen LogP contribution in [0.3, 0.4) is 0 Å². The highest BCUT2D eigenvalue weighted by Gasteiger charge is 2.22. The number of amides is 1. The maximum atomic E-state index is 12.1. The van der Waals surface area contributed by atoms with Crippen molar-refractivity contribution >= 4 is 11.9 Å². The number of hydrogen-bond acceptors (Lipinski definition) is 3. The molecule has 0 rings (SSSR count). The minimum Gasteiger partial charge on any atom is -0.459 e. The van der Waals surface area contributed by atoms with Crippen LogP contribution in [0.1, 0.15) is 78.6 Å². The molecule has 0 radical (unpaired) electrons. The summed E-state index contributed by atoms with van der Waals surface area (Å²) in [6, 6.07) is 0. The zero-order valence-corrected chi connectivity index (χ0v) is 14.2. The van der Waals surface area contributed by atoms with Crippen LogP contribution in [0.25, 0.3) is 0 Å². The molecule has 0 N–H and O–H groups in total. The summed E-state index contributed by atoms with van der Waals surface area (Å²) in [7, 11) is 0. The lowest BCUT2D eigenvalue weighted by Crippen LogP contribution is -2.39. The van der Waals surface area contributed by atoms with Crippen molar-refractivity contribution in [1.29, 1.82) is 0 Å². The first-order chi connectivity index (χ1) is 10.2. The van der Waals surface area contributed by atoms with Gasteiger partial charge in [-0.1, -0.05) is 59.3 Å². The van der Waals surface area contributed by atoms with Gasteiger partial charge in [0.2, 0.25) is 0 Å². The molecule has 0 bridgehead atoms.